The van der Waals surface area contributed by atoms with E-state index in [0.29, 0.717) is 6.04 Å². The molecule has 2 aromatic heterocycles. The van der Waals surface area contributed by atoms with Crippen LogP contribution in [0.25, 0.3) is 10.9 Å². The molecule has 3 aromatic rings. The average molecular weight is 269 g/mol. The van der Waals surface area contributed by atoms with Crippen molar-refractivity contribution in [1.82, 2.24) is 14.1 Å². The van der Waals surface area contributed by atoms with Crippen molar-refractivity contribution in [3.63, 3.8) is 0 Å². The number of methoxy groups -OCH3 is 1. The topological polar surface area (TPSA) is 32.0 Å². The molecule has 1 aromatic carbocycles. The van der Waals surface area contributed by atoms with Gasteiger partial charge >= 0.3 is 0 Å². The third-order valence-corrected chi connectivity index (χ3v) is 3.63. The van der Waals surface area contributed by atoms with Gasteiger partial charge in [-0.05, 0) is 32.0 Å². The number of rotatable bonds is 4. The highest BCUT2D eigenvalue weighted by Gasteiger charge is 2.09. The van der Waals surface area contributed by atoms with Crippen LogP contribution in [0, 0.1) is 0 Å². The minimum Gasteiger partial charge on any atom is -0.496 e. The molecule has 2 heterocycles. The first-order chi connectivity index (χ1) is 9.70. The number of hydrogen-bond acceptors (Lipinski definition) is 2. The van der Waals surface area contributed by atoms with Gasteiger partial charge in [0.1, 0.15) is 5.75 Å². The van der Waals surface area contributed by atoms with Crippen LogP contribution < -0.4 is 4.74 Å². The van der Waals surface area contributed by atoms with Crippen molar-refractivity contribution in [3.8, 4) is 5.75 Å². The van der Waals surface area contributed by atoms with E-state index in [1.165, 1.54) is 11.2 Å². The summed E-state index contributed by atoms with van der Waals surface area (Å²) in [5, 5.41) is 1.14. The molecule has 4 nitrogen and oxygen atoms in total. The van der Waals surface area contributed by atoms with Crippen LogP contribution in [0.5, 0.6) is 5.75 Å². The highest BCUT2D eigenvalue weighted by Crippen LogP contribution is 2.26. The van der Waals surface area contributed by atoms with Gasteiger partial charge in [0, 0.05) is 23.8 Å². The molecule has 0 fully saturated rings. The predicted molar refractivity (Wildman–Crippen MR) is 80.2 cm³/mol. The number of ether oxygens (including phenoxy) is 1. The Balaban J connectivity index is 2.01. The Morgan fingerprint density at radius 2 is 2.10 bits per heavy atom. The molecule has 0 aliphatic heterocycles. The third-order valence-electron chi connectivity index (χ3n) is 3.63. The Bertz CT molecular complexity index is 724. The van der Waals surface area contributed by atoms with Crippen molar-refractivity contribution in [2.45, 2.75) is 26.4 Å². The van der Waals surface area contributed by atoms with Crippen molar-refractivity contribution >= 4 is 10.9 Å². The van der Waals surface area contributed by atoms with E-state index in [0.717, 1.165) is 17.7 Å². The Labute approximate surface area is 118 Å². The third kappa shape index (κ3) is 2.07. The quantitative estimate of drug-likeness (QED) is 0.726. The Hall–Kier alpha value is -2.23. The molecule has 0 aliphatic carbocycles. The van der Waals surface area contributed by atoms with Gasteiger partial charge in [0.25, 0.3) is 0 Å². The molecule has 0 N–H and O–H groups in total. The van der Waals surface area contributed by atoms with E-state index in [2.05, 4.69) is 46.3 Å². The minimum absolute atomic E-state index is 0.420. The van der Waals surface area contributed by atoms with Crippen LogP contribution in [0.1, 0.15) is 25.6 Å². The zero-order valence-electron chi connectivity index (χ0n) is 12.1. The lowest BCUT2D eigenvalue weighted by atomic mass is 10.2. The lowest BCUT2D eigenvalue weighted by molar-refractivity contribution is 0.420. The summed E-state index contributed by atoms with van der Waals surface area (Å²) in [6.07, 6.45) is 5.93. The molecule has 0 saturated heterocycles. The van der Waals surface area contributed by atoms with Crippen LogP contribution in [0.2, 0.25) is 0 Å². The van der Waals surface area contributed by atoms with Crippen molar-refractivity contribution in [1.29, 1.82) is 0 Å². The number of benzene rings is 1. The zero-order valence-corrected chi connectivity index (χ0v) is 12.1. The summed E-state index contributed by atoms with van der Waals surface area (Å²) in [7, 11) is 1.71. The van der Waals surface area contributed by atoms with Crippen LogP contribution in [0.15, 0.2) is 43.0 Å². The largest absolute Gasteiger partial charge is 0.496 e. The molecule has 0 spiro atoms. The van der Waals surface area contributed by atoms with Gasteiger partial charge < -0.3 is 13.9 Å². The smallest absolute Gasteiger partial charge is 0.128 e. The SMILES string of the molecule is COc1cccc2c1ccn2Cc1cncn1C(C)C. The van der Waals surface area contributed by atoms with Gasteiger partial charge in [-0.15, -0.1) is 0 Å². The summed E-state index contributed by atoms with van der Waals surface area (Å²) in [6, 6.07) is 8.66. The van der Waals surface area contributed by atoms with Gasteiger partial charge in [-0.3, -0.25) is 0 Å². The minimum atomic E-state index is 0.420. The Morgan fingerprint density at radius 1 is 1.25 bits per heavy atom. The fourth-order valence-electron chi connectivity index (χ4n) is 2.61. The fraction of sp³-hybridized carbons (Fsp3) is 0.312. The Kier molecular flexibility index (Phi) is 3.22. The zero-order chi connectivity index (χ0) is 14.1. The molecular weight excluding hydrogens is 250 g/mol. The first-order valence-electron chi connectivity index (χ1n) is 6.83. The maximum Gasteiger partial charge on any atom is 0.128 e. The number of hydrogen-bond donors (Lipinski definition) is 0. The van der Waals surface area contributed by atoms with Gasteiger partial charge in [-0.2, -0.15) is 0 Å². The number of fused-ring (bicyclic) bond motifs is 1. The van der Waals surface area contributed by atoms with Crippen molar-refractivity contribution in [3.05, 3.63) is 48.7 Å². The fourth-order valence-corrected chi connectivity index (χ4v) is 2.61. The second kappa shape index (κ2) is 5.04. The van der Waals surface area contributed by atoms with E-state index in [1.54, 1.807) is 7.11 Å². The van der Waals surface area contributed by atoms with Gasteiger partial charge in [0.05, 0.1) is 31.2 Å². The second-order valence-electron chi connectivity index (χ2n) is 5.22. The van der Waals surface area contributed by atoms with E-state index in [4.69, 9.17) is 4.74 Å². The molecule has 0 unspecified atom stereocenters. The molecule has 0 bridgehead atoms. The molecule has 0 amide bonds. The normalized spacial score (nSPS) is 11.4. The lowest BCUT2D eigenvalue weighted by Gasteiger charge is -2.13. The van der Waals surface area contributed by atoms with E-state index < -0.39 is 0 Å². The number of imidazole rings is 1. The van der Waals surface area contributed by atoms with Gasteiger partial charge in [-0.1, -0.05) is 6.07 Å². The van der Waals surface area contributed by atoms with Crippen LogP contribution >= 0.6 is 0 Å². The highest BCUT2D eigenvalue weighted by molar-refractivity contribution is 5.86. The first-order valence-corrected chi connectivity index (χ1v) is 6.83. The summed E-state index contributed by atoms with van der Waals surface area (Å²) in [5.74, 6) is 0.915. The molecule has 0 radical (unpaired) electrons. The van der Waals surface area contributed by atoms with Crippen molar-refractivity contribution < 1.29 is 4.74 Å². The van der Waals surface area contributed by atoms with Crippen LogP contribution in [-0.2, 0) is 6.54 Å². The van der Waals surface area contributed by atoms with E-state index in [-0.39, 0.29) is 0 Å². The van der Waals surface area contributed by atoms with Crippen LogP contribution in [0.4, 0.5) is 0 Å². The number of nitrogens with zero attached hydrogens (tertiary/aromatic N) is 3. The summed E-state index contributed by atoms with van der Waals surface area (Å²) >= 11 is 0. The first kappa shape index (κ1) is 12.8. The van der Waals surface area contributed by atoms with E-state index in [9.17, 15) is 0 Å². The molecule has 4 heteroatoms. The molecule has 3 rings (SSSR count). The van der Waals surface area contributed by atoms with Gasteiger partial charge in [0.2, 0.25) is 0 Å². The second-order valence-corrected chi connectivity index (χ2v) is 5.22. The van der Waals surface area contributed by atoms with Gasteiger partial charge in [0.15, 0.2) is 0 Å². The highest BCUT2D eigenvalue weighted by atomic mass is 16.5. The lowest BCUT2D eigenvalue weighted by Crippen LogP contribution is -2.08. The predicted octanol–water partition coefficient (Wildman–Crippen LogP) is 3.48. The summed E-state index contributed by atoms with van der Waals surface area (Å²) in [5.41, 5.74) is 2.39. The molecule has 0 saturated carbocycles. The van der Waals surface area contributed by atoms with Gasteiger partial charge in [-0.25, -0.2) is 4.98 Å². The molecule has 20 heavy (non-hydrogen) atoms. The summed E-state index contributed by atoms with van der Waals surface area (Å²) in [4.78, 5) is 4.26. The molecule has 104 valence electrons. The van der Waals surface area contributed by atoms with Crippen LogP contribution in [-0.4, -0.2) is 21.2 Å². The monoisotopic (exact) mass is 269 g/mol. The summed E-state index contributed by atoms with van der Waals surface area (Å²) in [6.45, 7) is 5.15. The molecule has 0 aliphatic rings. The van der Waals surface area contributed by atoms with Crippen molar-refractivity contribution in [2.75, 3.05) is 7.11 Å². The van der Waals surface area contributed by atoms with E-state index in [1.807, 2.05) is 24.7 Å². The van der Waals surface area contributed by atoms with E-state index >= 15 is 0 Å². The average Bonchev–Trinajstić information content (AvgIpc) is 3.06. The summed E-state index contributed by atoms with van der Waals surface area (Å²) < 4.78 is 9.84. The molecule has 0 atom stereocenters. The maximum absolute atomic E-state index is 5.41. The maximum atomic E-state index is 5.41. The van der Waals surface area contributed by atoms with Crippen LogP contribution in [0.3, 0.4) is 0 Å². The Morgan fingerprint density at radius 3 is 2.85 bits per heavy atom. The standard InChI is InChI=1S/C16H19N3O/c1-12(2)19-11-17-9-13(19)10-18-8-7-14-15(18)5-4-6-16(14)20-3/h4-9,11-12H,10H2,1-3H3. The number of aromatic nitrogens is 3. The molecular formula is C16H19N3O. The van der Waals surface area contributed by atoms with Crippen molar-refractivity contribution in [2.24, 2.45) is 0 Å².